The van der Waals surface area contributed by atoms with E-state index in [9.17, 15) is 5.11 Å². The van der Waals surface area contributed by atoms with Crippen LogP contribution in [-0.2, 0) is 0 Å². The molecule has 1 heterocycles. The normalized spacial score (nSPS) is 11.4. The number of nitrogens with zero attached hydrogens (tertiary/aromatic N) is 3. The van der Waals surface area contributed by atoms with Crippen molar-refractivity contribution in [3.8, 4) is 11.4 Å². The molecule has 0 radical (unpaired) electrons. The number of hydrogen-bond acceptors (Lipinski definition) is 5. The molecule has 0 atom stereocenters. The van der Waals surface area contributed by atoms with Gasteiger partial charge >= 0.3 is 5.88 Å². The molecule has 0 bridgehead atoms. The molecular weight excluding hydrogens is 282 g/mol. The summed E-state index contributed by atoms with van der Waals surface area (Å²) in [6.07, 6.45) is 1.54. The molecule has 2 aromatic carbocycles. The third-order valence-electron chi connectivity index (χ3n) is 3.02. The fraction of sp³-hybridized carbons (Fsp3) is 0.0625. The van der Waals surface area contributed by atoms with Crippen LogP contribution in [0, 0.1) is 0 Å². The van der Waals surface area contributed by atoms with E-state index in [0.29, 0.717) is 5.56 Å². The van der Waals surface area contributed by atoms with Gasteiger partial charge in [0.1, 0.15) is 5.75 Å². The lowest BCUT2D eigenvalue weighted by Crippen LogP contribution is -2.31. The lowest BCUT2D eigenvalue weighted by Gasteiger charge is -2.07. The summed E-state index contributed by atoms with van der Waals surface area (Å²) in [5.74, 6) is 0.514. The zero-order valence-electron chi connectivity index (χ0n) is 11.8. The van der Waals surface area contributed by atoms with Crippen LogP contribution >= 0.6 is 0 Å². The van der Waals surface area contributed by atoms with E-state index >= 15 is 0 Å². The van der Waals surface area contributed by atoms with Gasteiger partial charge in [0, 0.05) is 12.1 Å². The summed E-state index contributed by atoms with van der Waals surface area (Å²) in [6, 6.07) is 16.0. The van der Waals surface area contributed by atoms with Gasteiger partial charge in [-0.1, -0.05) is 30.3 Å². The van der Waals surface area contributed by atoms with Crippen molar-refractivity contribution >= 4 is 11.8 Å². The van der Waals surface area contributed by atoms with Crippen molar-refractivity contribution in [2.45, 2.75) is 0 Å². The Labute approximate surface area is 126 Å². The molecule has 3 rings (SSSR count). The summed E-state index contributed by atoms with van der Waals surface area (Å²) in [5, 5.41) is 15.8. The summed E-state index contributed by atoms with van der Waals surface area (Å²) in [4.78, 5) is 3.90. The summed E-state index contributed by atoms with van der Waals surface area (Å²) in [6.45, 7) is 0. The third kappa shape index (κ3) is 2.95. The molecule has 0 saturated carbocycles. The Kier molecular flexibility index (Phi) is 3.82. The fourth-order valence-electron chi connectivity index (χ4n) is 1.89. The summed E-state index contributed by atoms with van der Waals surface area (Å²) in [7, 11) is 1.60. The maximum absolute atomic E-state index is 12.0. The Balaban J connectivity index is 1.84. The summed E-state index contributed by atoms with van der Waals surface area (Å²) < 4.78 is 11.7. The highest BCUT2D eigenvalue weighted by Gasteiger charge is 2.14. The van der Waals surface area contributed by atoms with Crippen molar-refractivity contribution in [3.05, 3.63) is 66.4 Å². The van der Waals surface area contributed by atoms with E-state index < -0.39 is 0 Å². The quantitative estimate of drug-likeness (QED) is 0.414. The minimum absolute atomic E-state index is 0.143. The standard InChI is InChI=1S/C16H13N3O3/c1-21-14-9-7-13(8-10-14)19-11-15(22-18-19)17-16(20)12-5-3-2-4-6-12/h2-11H,1H3. The van der Waals surface area contributed by atoms with E-state index in [2.05, 4.69) is 10.3 Å². The molecule has 0 fully saturated rings. The Hall–Kier alpha value is -3.15. The first kappa shape index (κ1) is 13.8. The van der Waals surface area contributed by atoms with Gasteiger partial charge in [0.25, 0.3) is 6.20 Å². The van der Waals surface area contributed by atoms with Crippen LogP contribution in [0.5, 0.6) is 5.75 Å². The van der Waals surface area contributed by atoms with Crippen LogP contribution in [0.2, 0.25) is 0 Å². The van der Waals surface area contributed by atoms with Crippen LogP contribution in [0.1, 0.15) is 5.56 Å². The van der Waals surface area contributed by atoms with Gasteiger partial charge in [0.2, 0.25) is 11.0 Å². The molecule has 22 heavy (non-hydrogen) atoms. The molecule has 0 aliphatic heterocycles. The van der Waals surface area contributed by atoms with Crippen LogP contribution < -0.4 is 14.5 Å². The number of benzene rings is 2. The number of methoxy groups -OCH3 is 1. The Morgan fingerprint density at radius 3 is 2.55 bits per heavy atom. The Bertz CT molecular complexity index is 780. The molecule has 0 N–H and O–H groups in total. The summed E-state index contributed by atoms with van der Waals surface area (Å²) >= 11 is 0. The molecule has 0 spiro atoms. The molecule has 6 heteroatoms. The predicted molar refractivity (Wildman–Crippen MR) is 77.2 cm³/mol. The highest BCUT2D eigenvalue weighted by molar-refractivity contribution is 5.91. The average molecular weight is 295 g/mol. The smallest absolute Gasteiger partial charge is 0.321 e. The Morgan fingerprint density at radius 2 is 1.86 bits per heavy atom. The molecule has 0 aliphatic carbocycles. The van der Waals surface area contributed by atoms with Gasteiger partial charge in [0.05, 0.1) is 7.11 Å². The van der Waals surface area contributed by atoms with Crippen molar-refractivity contribution in [2.75, 3.05) is 7.11 Å². The zero-order valence-corrected chi connectivity index (χ0v) is 11.8. The maximum atomic E-state index is 12.0. The van der Waals surface area contributed by atoms with Crippen LogP contribution in [0.15, 0.2) is 70.3 Å². The average Bonchev–Trinajstić information content (AvgIpc) is 3.04. The van der Waals surface area contributed by atoms with Crippen molar-refractivity contribution in [1.29, 1.82) is 0 Å². The lowest BCUT2D eigenvalue weighted by atomic mass is 10.2. The molecule has 0 amide bonds. The van der Waals surface area contributed by atoms with Crippen LogP contribution in [0.25, 0.3) is 5.69 Å². The van der Waals surface area contributed by atoms with Gasteiger partial charge in [-0.2, -0.15) is 0 Å². The molecule has 0 saturated heterocycles. The van der Waals surface area contributed by atoms with Crippen molar-refractivity contribution in [3.63, 3.8) is 0 Å². The highest BCUT2D eigenvalue weighted by Crippen LogP contribution is 2.13. The minimum atomic E-state index is -0.376. The van der Waals surface area contributed by atoms with Crippen molar-refractivity contribution < 1.29 is 19.0 Å². The molecule has 3 aromatic rings. The van der Waals surface area contributed by atoms with Crippen LogP contribution in [0.3, 0.4) is 0 Å². The molecule has 110 valence electrons. The maximum Gasteiger partial charge on any atom is 0.321 e. The topological polar surface area (TPSA) is 74.6 Å². The van der Waals surface area contributed by atoms with E-state index in [0.717, 1.165) is 11.4 Å². The molecule has 1 aromatic heterocycles. The van der Waals surface area contributed by atoms with Crippen molar-refractivity contribution in [1.82, 2.24) is 5.27 Å². The molecule has 0 aliphatic rings. The first-order chi connectivity index (χ1) is 10.8. The molecule has 0 unspecified atom stereocenters. The summed E-state index contributed by atoms with van der Waals surface area (Å²) in [5.41, 5.74) is 1.27. The van der Waals surface area contributed by atoms with Crippen LogP contribution in [0.4, 0.5) is 5.88 Å². The van der Waals surface area contributed by atoms with Gasteiger partial charge in [-0.25, -0.2) is 4.99 Å². The second-order valence-corrected chi connectivity index (χ2v) is 4.47. The number of rotatable bonds is 4. The third-order valence-corrected chi connectivity index (χ3v) is 3.02. The molecule has 6 nitrogen and oxygen atoms in total. The second-order valence-electron chi connectivity index (χ2n) is 4.47. The minimum Gasteiger partial charge on any atom is -0.858 e. The zero-order chi connectivity index (χ0) is 15.4. The van der Waals surface area contributed by atoms with Gasteiger partial charge in [-0.3, -0.25) is 4.52 Å². The lowest BCUT2D eigenvalue weighted by molar-refractivity contribution is -0.670. The first-order valence-corrected chi connectivity index (χ1v) is 6.60. The van der Waals surface area contributed by atoms with Gasteiger partial charge in [-0.15, -0.1) is 0 Å². The SMILES string of the molecule is COc1ccc(-[n+]2cc(/N=C(\[O-])c3ccccc3)on2)cc1. The largest absolute Gasteiger partial charge is 0.858 e. The van der Waals surface area contributed by atoms with E-state index in [1.54, 1.807) is 37.6 Å². The van der Waals surface area contributed by atoms with E-state index in [4.69, 9.17) is 9.26 Å². The fourth-order valence-corrected chi connectivity index (χ4v) is 1.89. The number of aliphatic imine (C=N–C) groups is 1. The predicted octanol–water partition coefficient (Wildman–Crippen LogP) is 1.40. The first-order valence-electron chi connectivity index (χ1n) is 6.60. The van der Waals surface area contributed by atoms with Gasteiger partial charge < -0.3 is 9.84 Å². The van der Waals surface area contributed by atoms with Crippen molar-refractivity contribution in [2.24, 2.45) is 4.99 Å². The highest BCUT2D eigenvalue weighted by atomic mass is 16.5. The number of ether oxygens (including phenoxy) is 1. The van der Waals surface area contributed by atoms with E-state index in [1.807, 2.05) is 30.3 Å². The van der Waals surface area contributed by atoms with E-state index in [-0.39, 0.29) is 11.8 Å². The second kappa shape index (κ2) is 6.09. The van der Waals surface area contributed by atoms with Gasteiger partial charge in [0.15, 0.2) is 0 Å². The molecular formula is C16H13N3O3. The van der Waals surface area contributed by atoms with Crippen LogP contribution in [-0.4, -0.2) is 18.3 Å². The van der Waals surface area contributed by atoms with Gasteiger partial charge in [-0.05, 0) is 28.3 Å². The number of hydrogen-bond donors (Lipinski definition) is 0. The Morgan fingerprint density at radius 1 is 1.14 bits per heavy atom. The monoisotopic (exact) mass is 295 g/mol. The number of aromatic nitrogens is 2. The van der Waals surface area contributed by atoms with E-state index in [1.165, 1.54) is 4.68 Å².